The molecule has 0 aliphatic heterocycles. The van der Waals surface area contributed by atoms with Gasteiger partial charge in [0.1, 0.15) is 11.8 Å². The summed E-state index contributed by atoms with van der Waals surface area (Å²) in [5, 5.41) is 19.8. The van der Waals surface area contributed by atoms with Gasteiger partial charge in [0.25, 0.3) is 0 Å². The van der Waals surface area contributed by atoms with Gasteiger partial charge in [0.05, 0.1) is 0 Å². The molecule has 1 aromatic heterocycles. The van der Waals surface area contributed by atoms with Gasteiger partial charge in [-0.3, -0.25) is 4.79 Å². The first-order valence-electron chi connectivity index (χ1n) is 6.93. The fourth-order valence-corrected chi connectivity index (χ4v) is 2.61. The number of carbonyl (C=O) groups is 1. The third-order valence-electron chi connectivity index (χ3n) is 3.73. The molecule has 0 spiro atoms. The van der Waals surface area contributed by atoms with Gasteiger partial charge < -0.3 is 20.9 Å². The second-order valence-electron chi connectivity index (χ2n) is 5.24. The standard InChI is InChI=1S/C17H16N2O3/c18-15(17(21)22)7-10-5-6-11(20)8-13(10)14-9-19-16-4-2-1-3-12(14)16/h1-6,8-9,15,19-20H,7,18H2,(H,21,22)/t15-/m0/s1. The number of aliphatic carboxylic acids is 1. The van der Waals surface area contributed by atoms with Crippen molar-refractivity contribution in [1.82, 2.24) is 4.98 Å². The van der Waals surface area contributed by atoms with Crippen molar-refractivity contribution in [2.24, 2.45) is 5.73 Å². The molecule has 0 aliphatic carbocycles. The molecule has 0 radical (unpaired) electrons. The van der Waals surface area contributed by atoms with Crippen molar-refractivity contribution in [3.63, 3.8) is 0 Å². The molecular formula is C17H16N2O3. The number of phenols is 1. The molecule has 0 unspecified atom stereocenters. The Labute approximate surface area is 127 Å². The van der Waals surface area contributed by atoms with Crippen molar-refractivity contribution in [1.29, 1.82) is 0 Å². The molecule has 5 heteroatoms. The molecule has 3 rings (SSSR count). The van der Waals surface area contributed by atoms with Gasteiger partial charge in [-0.2, -0.15) is 0 Å². The number of aromatic hydroxyl groups is 1. The van der Waals surface area contributed by atoms with Gasteiger partial charge in [-0.1, -0.05) is 24.3 Å². The second kappa shape index (κ2) is 5.54. The quantitative estimate of drug-likeness (QED) is 0.594. The number of phenolic OH excluding ortho intramolecular Hbond substituents is 1. The van der Waals surface area contributed by atoms with Gasteiger partial charge in [-0.05, 0) is 35.7 Å². The van der Waals surface area contributed by atoms with Crippen LogP contribution in [0, 0.1) is 0 Å². The van der Waals surface area contributed by atoms with Crippen LogP contribution in [-0.4, -0.2) is 27.2 Å². The van der Waals surface area contributed by atoms with Gasteiger partial charge in [-0.25, -0.2) is 0 Å². The highest BCUT2D eigenvalue weighted by Gasteiger charge is 2.17. The molecule has 0 bridgehead atoms. The summed E-state index contributed by atoms with van der Waals surface area (Å²) in [5.74, 6) is -0.911. The predicted octanol–water partition coefficient (Wildman–Crippen LogP) is 2.49. The fourth-order valence-electron chi connectivity index (χ4n) is 2.61. The molecule has 1 heterocycles. The summed E-state index contributed by atoms with van der Waals surface area (Å²) in [6.07, 6.45) is 2.06. The van der Waals surface area contributed by atoms with Gasteiger partial charge in [-0.15, -0.1) is 0 Å². The summed E-state index contributed by atoms with van der Waals surface area (Å²) >= 11 is 0. The maximum absolute atomic E-state index is 11.0. The molecule has 5 N–H and O–H groups in total. The molecule has 0 fully saturated rings. The Kier molecular flexibility index (Phi) is 3.56. The van der Waals surface area contributed by atoms with E-state index in [-0.39, 0.29) is 12.2 Å². The Morgan fingerprint density at radius 2 is 1.95 bits per heavy atom. The number of fused-ring (bicyclic) bond motifs is 1. The lowest BCUT2D eigenvalue weighted by Gasteiger charge is -2.12. The zero-order chi connectivity index (χ0) is 15.7. The highest BCUT2D eigenvalue weighted by molar-refractivity contribution is 5.96. The number of hydrogen-bond donors (Lipinski definition) is 4. The Bertz CT molecular complexity index is 839. The first kappa shape index (κ1) is 14.2. The molecule has 1 atom stereocenters. The van der Waals surface area contributed by atoms with Crippen LogP contribution >= 0.6 is 0 Å². The van der Waals surface area contributed by atoms with E-state index in [1.807, 2.05) is 30.5 Å². The maximum atomic E-state index is 11.0. The average Bonchev–Trinajstić information content (AvgIpc) is 2.92. The van der Waals surface area contributed by atoms with E-state index in [0.717, 1.165) is 27.6 Å². The van der Waals surface area contributed by atoms with Crippen LogP contribution in [0.5, 0.6) is 5.75 Å². The lowest BCUT2D eigenvalue weighted by Crippen LogP contribution is -2.32. The first-order chi connectivity index (χ1) is 10.6. The van der Waals surface area contributed by atoms with E-state index in [1.165, 1.54) is 0 Å². The summed E-state index contributed by atoms with van der Waals surface area (Å²) < 4.78 is 0. The molecule has 5 nitrogen and oxygen atoms in total. The van der Waals surface area contributed by atoms with E-state index >= 15 is 0 Å². The topological polar surface area (TPSA) is 99.3 Å². The van der Waals surface area contributed by atoms with Crippen LogP contribution in [0.2, 0.25) is 0 Å². The minimum atomic E-state index is -1.04. The number of hydrogen-bond acceptors (Lipinski definition) is 3. The van der Waals surface area contributed by atoms with E-state index < -0.39 is 12.0 Å². The van der Waals surface area contributed by atoms with E-state index in [1.54, 1.807) is 18.2 Å². The first-order valence-corrected chi connectivity index (χ1v) is 6.93. The maximum Gasteiger partial charge on any atom is 0.320 e. The van der Waals surface area contributed by atoms with Crippen molar-refractivity contribution >= 4 is 16.9 Å². The van der Waals surface area contributed by atoms with Gasteiger partial charge >= 0.3 is 5.97 Å². The Hall–Kier alpha value is -2.79. The molecule has 3 aromatic rings. The van der Waals surface area contributed by atoms with Gasteiger partial charge in [0.15, 0.2) is 0 Å². The van der Waals surface area contributed by atoms with Crippen LogP contribution < -0.4 is 5.73 Å². The number of aromatic amines is 1. The van der Waals surface area contributed by atoms with E-state index in [4.69, 9.17) is 10.8 Å². The summed E-state index contributed by atoms with van der Waals surface area (Å²) in [7, 11) is 0. The average molecular weight is 296 g/mol. The zero-order valence-corrected chi connectivity index (χ0v) is 11.8. The van der Waals surface area contributed by atoms with Crippen LogP contribution in [0.3, 0.4) is 0 Å². The second-order valence-corrected chi connectivity index (χ2v) is 5.24. The van der Waals surface area contributed by atoms with E-state index in [0.29, 0.717) is 0 Å². The van der Waals surface area contributed by atoms with Crippen LogP contribution in [0.1, 0.15) is 5.56 Å². The summed E-state index contributed by atoms with van der Waals surface area (Å²) in [4.78, 5) is 14.2. The monoisotopic (exact) mass is 296 g/mol. The number of H-pyrrole nitrogens is 1. The predicted molar refractivity (Wildman–Crippen MR) is 84.7 cm³/mol. The van der Waals surface area contributed by atoms with E-state index in [2.05, 4.69) is 4.98 Å². The minimum Gasteiger partial charge on any atom is -0.508 e. The molecule has 0 saturated carbocycles. The third-order valence-corrected chi connectivity index (χ3v) is 3.73. The number of carboxylic acids is 1. The number of para-hydroxylation sites is 1. The van der Waals surface area contributed by atoms with Crippen molar-refractivity contribution in [2.75, 3.05) is 0 Å². The fraction of sp³-hybridized carbons (Fsp3) is 0.118. The molecular weight excluding hydrogens is 280 g/mol. The SMILES string of the molecule is N[C@@H](Cc1ccc(O)cc1-c1c[nH]c2ccccc12)C(=O)O. The van der Waals surface area contributed by atoms with Crippen LogP contribution in [0.4, 0.5) is 0 Å². The number of carboxylic acid groups (broad SMARTS) is 1. The van der Waals surface area contributed by atoms with Gasteiger partial charge in [0, 0.05) is 22.7 Å². The molecule has 0 saturated heterocycles. The minimum absolute atomic E-state index is 0.132. The Morgan fingerprint density at radius 3 is 2.73 bits per heavy atom. The van der Waals surface area contributed by atoms with Crippen molar-refractivity contribution < 1.29 is 15.0 Å². The normalized spacial score (nSPS) is 12.4. The number of aromatic nitrogens is 1. The lowest BCUT2D eigenvalue weighted by atomic mass is 9.94. The van der Waals surface area contributed by atoms with Crippen LogP contribution in [0.25, 0.3) is 22.0 Å². The highest BCUT2D eigenvalue weighted by atomic mass is 16.4. The molecule has 0 aliphatic rings. The van der Waals surface area contributed by atoms with Crippen molar-refractivity contribution in [3.8, 4) is 16.9 Å². The third kappa shape index (κ3) is 2.54. The Morgan fingerprint density at radius 1 is 1.18 bits per heavy atom. The number of rotatable bonds is 4. The molecule has 2 aromatic carbocycles. The summed E-state index contributed by atoms with van der Waals surface area (Å²) in [6.45, 7) is 0. The van der Waals surface area contributed by atoms with E-state index in [9.17, 15) is 9.90 Å². The van der Waals surface area contributed by atoms with Crippen LogP contribution in [-0.2, 0) is 11.2 Å². The molecule has 112 valence electrons. The summed E-state index contributed by atoms with van der Waals surface area (Å²) in [5.41, 5.74) is 9.12. The smallest absolute Gasteiger partial charge is 0.320 e. The van der Waals surface area contributed by atoms with Crippen molar-refractivity contribution in [2.45, 2.75) is 12.5 Å². The molecule has 0 amide bonds. The van der Waals surface area contributed by atoms with Crippen molar-refractivity contribution in [3.05, 3.63) is 54.2 Å². The zero-order valence-electron chi connectivity index (χ0n) is 11.8. The van der Waals surface area contributed by atoms with Crippen LogP contribution in [0.15, 0.2) is 48.7 Å². The number of nitrogens with one attached hydrogen (secondary N) is 1. The van der Waals surface area contributed by atoms with Gasteiger partial charge in [0.2, 0.25) is 0 Å². The largest absolute Gasteiger partial charge is 0.508 e. The number of benzene rings is 2. The molecule has 22 heavy (non-hydrogen) atoms. The summed E-state index contributed by atoms with van der Waals surface area (Å²) in [6, 6.07) is 11.7. The Balaban J connectivity index is 2.13. The number of nitrogens with two attached hydrogens (primary N) is 1. The lowest BCUT2D eigenvalue weighted by molar-refractivity contribution is -0.138. The highest BCUT2D eigenvalue weighted by Crippen LogP contribution is 2.33.